The van der Waals surface area contributed by atoms with Gasteiger partial charge in [-0.05, 0) is 29.7 Å². The van der Waals surface area contributed by atoms with Crippen LogP contribution in [0.5, 0.6) is 5.75 Å². The summed E-state index contributed by atoms with van der Waals surface area (Å²) in [4.78, 5) is 23.3. The molecule has 0 saturated carbocycles. The summed E-state index contributed by atoms with van der Waals surface area (Å²) in [6, 6.07) is 6.07. The lowest BCUT2D eigenvalue weighted by Crippen LogP contribution is -2.24. The van der Waals surface area contributed by atoms with E-state index >= 15 is 0 Å². The van der Waals surface area contributed by atoms with Crippen molar-refractivity contribution in [2.75, 3.05) is 13.7 Å². The number of carbonyl (C=O) groups is 1. The first-order valence-corrected chi connectivity index (χ1v) is 8.54. The average Bonchev–Trinajstić information content (AvgIpc) is 2.63. The summed E-state index contributed by atoms with van der Waals surface area (Å²) in [6.45, 7) is 7.22. The lowest BCUT2D eigenvalue weighted by molar-refractivity contribution is -0.143. The first-order valence-electron chi connectivity index (χ1n) is 8.54. The van der Waals surface area contributed by atoms with Gasteiger partial charge >= 0.3 is 11.6 Å². The van der Waals surface area contributed by atoms with E-state index in [1.165, 1.54) is 13.2 Å². The van der Waals surface area contributed by atoms with E-state index in [1.54, 1.807) is 18.2 Å². The highest BCUT2D eigenvalue weighted by Gasteiger charge is 2.28. The van der Waals surface area contributed by atoms with Gasteiger partial charge in [0.15, 0.2) is 0 Å². The summed E-state index contributed by atoms with van der Waals surface area (Å²) in [6.07, 6.45) is -2.71. The normalized spacial score (nSPS) is 13.4. The second-order valence-corrected chi connectivity index (χ2v) is 6.66. The van der Waals surface area contributed by atoms with Crippen molar-refractivity contribution in [3.8, 4) is 5.75 Å². The molecule has 0 fully saturated rings. The summed E-state index contributed by atoms with van der Waals surface area (Å²) in [5.41, 5.74) is -0.259. The molecule has 0 amide bonds. The van der Waals surface area contributed by atoms with Gasteiger partial charge in [0, 0.05) is 17.9 Å². The summed E-state index contributed by atoms with van der Waals surface area (Å²) in [7, 11) is 1.40. The molecule has 0 aliphatic carbocycles. The number of esters is 1. The zero-order valence-corrected chi connectivity index (χ0v) is 15.6. The first kappa shape index (κ1) is 20.7. The van der Waals surface area contributed by atoms with Crippen LogP contribution >= 0.6 is 0 Å². The third-order valence-electron chi connectivity index (χ3n) is 4.01. The number of aliphatic hydroxyl groups is 2. The molecule has 0 aliphatic rings. The fourth-order valence-corrected chi connectivity index (χ4v) is 2.63. The zero-order valence-electron chi connectivity index (χ0n) is 15.6. The van der Waals surface area contributed by atoms with E-state index in [4.69, 9.17) is 13.9 Å². The molecule has 2 aromatic rings. The number of ether oxygens (including phenoxy) is 2. The number of fused-ring (bicyclic) bond motifs is 1. The predicted octanol–water partition coefficient (Wildman–Crippen LogP) is 2.34. The van der Waals surface area contributed by atoms with Crippen LogP contribution in [0.15, 0.2) is 45.6 Å². The van der Waals surface area contributed by atoms with Crippen LogP contribution < -0.4 is 10.4 Å². The van der Waals surface area contributed by atoms with Crippen molar-refractivity contribution in [2.24, 2.45) is 5.92 Å². The Balaban J connectivity index is 2.26. The van der Waals surface area contributed by atoms with Gasteiger partial charge in [-0.25, -0.2) is 4.79 Å². The maximum absolute atomic E-state index is 11.7. The Morgan fingerprint density at radius 2 is 1.89 bits per heavy atom. The number of hydrogen-bond donors (Lipinski definition) is 2. The van der Waals surface area contributed by atoms with E-state index in [2.05, 4.69) is 6.58 Å². The van der Waals surface area contributed by atoms with Crippen molar-refractivity contribution >= 4 is 16.9 Å². The minimum atomic E-state index is -1.49. The van der Waals surface area contributed by atoms with Gasteiger partial charge < -0.3 is 24.1 Å². The van der Waals surface area contributed by atoms with Crippen LogP contribution in [-0.2, 0) is 9.53 Å². The van der Waals surface area contributed by atoms with Crippen molar-refractivity contribution in [3.05, 3.63) is 52.4 Å². The molecule has 27 heavy (non-hydrogen) atoms. The van der Waals surface area contributed by atoms with Gasteiger partial charge in [0.2, 0.25) is 0 Å². The second kappa shape index (κ2) is 8.83. The van der Waals surface area contributed by atoms with E-state index in [0.29, 0.717) is 5.39 Å². The molecule has 0 spiro atoms. The summed E-state index contributed by atoms with van der Waals surface area (Å²) in [5, 5.41) is 21.7. The lowest BCUT2D eigenvalue weighted by Gasteiger charge is -2.22. The van der Waals surface area contributed by atoms with Gasteiger partial charge in [-0.3, -0.25) is 4.79 Å². The van der Waals surface area contributed by atoms with Crippen LogP contribution in [0.2, 0.25) is 0 Å². The molecule has 0 saturated heterocycles. The Labute approximate surface area is 156 Å². The van der Waals surface area contributed by atoms with Crippen molar-refractivity contribution in [2.45, 2.75) is 32.5 Å². The molecule has 2 rings (SSSR count). The molecule has 1 aromatic carbocycles. The summed E-state index contributed by atoms with van der Waals surface area (Å²) in [5.74, 6) is -0.0290. The Morgan fingerprint density at radius 3 is 2.52 bits per heavy atom. The monoisotopic (exact) mass is 376 g/mol. The number of benzene rings is 1. The lowest BCUT2D eigenvalue weighted by atomic mass is 9.96. The molecule has 2 atom stereocenters. The molecule has 0 unspecified atom stereocenters. The fourth-order valence-electron chi connectivity index (χ4n) is 2.63. The molecule has 0 radical (unpaired) electrons. The predicted molar refractivity (Wildman–Crippen MR) is 99.6 cm³/mol. The molecule has 1 aromatic heterocycles. The minimum Gasteiger partial charge on any atom is -0.496 e. The largest absolute Gasteiger partial charge is 0.496 e. The number of carbonyl (C=O) groups excluding carboxylic acids is 1. The Hall–Kier alpha value is -2.64. The van der Waals surface area contributed by atoms with E-state index in [-0.39, 0.29) is 41.4 Å². The third-order valence-corrected chi connectivity index (χ3v) is 4.01. The van der Waals surface area contributed by atoms with Gasteiger partial charge in [0.25, 0.3) is 0 Å². The highest BCUT2D eigenvalue weighted by atomic mass is 16.5. The number of aliphatic hydroxyl groups excluding tert-OH is 2. The quantitative estimate of drug-likeness (QED) is 0.414. The van der Waals surface area contributed by atoms with Crippen LogP contribution in [0.3, 0.4) is 0 Å². The highest BCUT2D eigenvalue weighted by molar-refractivity contribution is 5.82. The molecule has 1 heterocycles. The van der Waals surface area contributed by atoms with Crippen LogP contribution in [0.4, 0.5) is 0 Å². The smallest absolute Gasteiger partial charge is 0.336 e. The van der Waals surface area contributed by atoms with E-state index < -0.39 is 23.8 Å². The summed E-state index contributed by atoms with van der Waals surface area (Å²) < 4.78 is 15.5. The molecule has 7 heteroatoms. The van der Waals surface area contributed by atoms with Crippen molar-refractivity contribution in [1.82, 2.24) is 0 Å². The number of methoxy groups -OCH3 is 1. The molecule has 146 valence electrons. The standard InChI is InChI=1S/C20H24O7/c1-11(2)9-16(22)26-10-12(3)18(23)19(24)17-14(25-4)7-5-13-6-8-15(21)27-20(13)17/h5-8,11,18-19,23-24H,3,9-10H2,1-2,4H3/t18-,19+/m1/s1. The van der Waals surface area contributed by atoms with Crippen LogP contribution in [0, 0.1) is 5.92 Å². The minimum absolute atomic E-state index is 0.108. The Bertz CT molecular complexity index is 882. The van der Waals surface area contributed by atoms with Gasteiger partial charge in [0.1, 0.15) is 30.1 Å². The van der Waals surface area contributed by atoms with E-state index in [1.807, 2.05) is 13.8 Å². The van der Waals surface area contributed by atoms with Crippen molar-refractivity contribution in [1.29, 1.82) is 0 Å². The maximum Gasteiger partial charge on any atom is 0.336 e. The van der Waals surface area contributed by atoms with Crippen LogP contribution in [0.25, 0.3) is 11.0 Å². The number of hydrogen-bond acceptors (Lipinski definition) is 7. The van der Waals surface area contributed by atoms with Crippen molar-refractivity contribution < 1.29 is 28.9 Å². The highest BCUT2D eigenvalue weighted by Crippen LogP contribution is 2.35. The average molecular weight is 376 g/mol. The van der Waals surface area contributed by atoms with E-state index in [0.717, 1.165) is 0 Å². The zero-order chi connectivity index (χ0) is 20.1. The molecule has 0 aliphatic heterocycles. The molecule has 0 bridgehead atoms. The van der Waals surface area contributed by atoms with Gasteiger partial charge in [0.05, 0.1) is 12.7 Å². The topological polar surface area (TPSA) is 106 Å². The molecular formula is C20H24O7. The van der Waals surface area contributed by atoms with Crippen LogP contribution in [0.1, 0.15) is 31.9 Å². The van der Waals surface area contributed by atoms with Gasteiger partial charge in [-0.2, -0.15) is 0 Å². The first-order chi connectivity index (χ1) is 12.7. The number of rotatable bonds is 8. The molecular weight excluding hydrogens is 352 g/mol. The summed E-state index contributed by atoms with van der Waals surface area (Å²) >= 11 is 0. The van der Waals surface area contributed by atoms with Gasteiger partial charge in [-0.1, -0.05) is 20.4 Å². The molecule has 7 nitrogen and oxygen atoms in total. The van der Waals surface area contributed by atoms with Gasteiger partial charge in [-0.15, -0.1) is 0 Å². The second-order valence-electron chi connectivity index (χ2n) is 6.66. The van der Waals surface area contributed by atoms with Crippen molar-refractivity contribution in [3.63, 3.8) is 0 Å². The van der Waals surface area contributed by atoms with Crippen LogP contribution in [-0.4, -0.2) is 36.0 Å². The Kier molecular flexibility index (Phi) is 6.76. The third kappa shape index (κ3) is 4.96. The SMILES string of the molecule is C=C(COC(=O)CC(C)C)[C@@H](O)[C@@H](O)c1c(OC)ccc2ccc(=O)oc12. The van der Waals surface area contributed by atoms with E-state index in [9.17, 15) is 19.8 Å². The fraction of sp³-hybridized carbons (Fsp3) is 0.400. The Morgan fingerprint density at radius 1 is 1.22 bits per heavy atom. The maximum atomic E-state index is 11.7. The molecule has 2 N–H and O–H groups in total.